The largest absolute Gasteiger partial charge is 0.385 e. The summed E-state index contributed by atoms with van der Waals surface area (Å²) in [6.45, 7) is 12.3. The zero-order chi connectivity index (χ0) is 25.3. The quantitative estimate of drug-likeness (QED) is 0.618. The normalized spacial score (nSPS) is 37.9. The molecule has 0 fully saturated rings. The van der Waals surface area contributed by atoms with Gasteiger partial charge in [0.1, 0.15) is 5.60 Å². The van der Waals surface area contributed by atoms with Gasteiger partial charge in [0.25, 0.3) is 0 Å². The molecule has 5 heteroatoms. The summed E-state index contributed by atoms with van der Waals surface area (Å²) in [5.41, 5.74) is 2.87. The number of carbonyl (C=O) groups is 2. The van der Waals surface area contributed by atoms with Gasteiger partial charge in [-0.2, -0.15) is 0 Å². The molecule has 1 aromatic rings. The molecule has 0 aromatic heterocycles. The molecule has 0 saturated carbocycles. The van der Waals surface area contributed by atoms with Gasteiger partial charge in [0.15, 0.2) is 17.9 Å². The number of rotatable bonds is 2. The number of benzene rings is 1. The minimum Gasteiger partial charge on any atom is -0.385 e. The molecule has 184 valence electrons. The number of aliphatic hydroxyl groups is 1. The molecule has 0 bridgehead atoms. The Kier molecular flexibility index (Phi) is 4.42. The van der Waals surface area contributed by atoms with Crippen LogP contribution >= 0.6 is 0 Å². The van der Waals surface area contributed by atoms with Gasteiger partial charge < -0.3 is 14.6 Å². The first kappa shape index (κ1) is 23.1. The summed E-state index contributed by atoms with van der Waals surface area (Å²) in [6.07, 6.45) is 6.58. The van der Waals surface area contributed by atoms with Crippen LogP contribution in [0.4, 0.5) is 0 Å². The zero-order valence-electron chi connectivity index (χ0n) is 21.6. The van der Waals surface area contributed by atoms with E-state index < -0.39 is 17.5 Å². The van der Waals surface area contributed by atoms with Crippen LogP contribution in [0.2, 0.25) is 0 Å². The minimum absolute atomic E-state index is 0.0152. The highest BCUT2D eigenvalue weighted by Gasteiger charge is 2.58. The molecule has 1 aliphatic heterocycles. The number of hydrogen-bond donors (Lipinski definition) is 1. The summed E-state index contributed by atoms with van der Waals surface area (Å²) in [7, 11) is 1.61. The van der Waals surface area contributed by atoms with Crippen LogP contribution < -0.4 is 0 Å². The third kappa shape index (κ3) is 2.98. The fraction of sp³-hybridized carbons (Fsp3) is 0.533. The first-order chi connectivity index (χ1) is 16.2. The van der Waals surface area contributed by atoms with Gasteiger partial charge in [0, 0.05) is 46.8 Å². The van der Waals surface area contributed by atoms with Gasteiger partial charge in [-0.15, -0.1) is 0 Å². The lowest BCUT2D eigenvalue weighted by Gasteiger charge is -2.40. The van der Waals surface area contributed by atoms with Gasteiger partial charge in [-0.25, -0.2) is 0 Å². The van der Waals surface area contributed by atoms with Crippen molar-refractivity contribution in [3.63, 3.8) is 0 Å². The molecular weight excluding hydrogens is 440 g/mol. The molecule has 1 heterocycles. The van der Waals surface area contributed by atoms with E-state index in [0.717, 1.165) is 23.1 Å². The Balaban J connectivity index is 1.55. The summed E-state index contributed by atoms with van der Waals surface area (Å²) in [5.74, 6) is -0.365. The Morgan fingerprint density at radius 3 is 2.23 bits per heavy atom. The van der Waals surface area contributed by atoms with Crippen molar-refractivity contribution >= 4 is 17.1 Å². The average Bonchev–Trinajstić information content (AvgIpc) is 3.39. The number of Topliss-reactive ketones (excluding diaryl/α,β-unsaturated/α-hetero) is 1. The van der Waals surface area contributed by atoms with E-state index in [-0.39, 0.29) is 34.2 Å². The molecule has 6 rings (SSSR count). The molecule has 1 unspecified atom stereocenters. The zero-order valence-corrected chi connectivity index (χ0v) is 21.6. The number of hydrogen-bond acceptors (Lipinski definition) is 5. The van der Waals surface area contributed by atoms with Gasteiger partial charge in [0.2, 0.25) is 0 Å². The van der Waals surface area contributed by atoms with Crippen LogP contribution in [0, 0.1) is 22.7 Å². The topological polar surface area (TPSA) is 72.8 Å². The van der Waals surface area contributed by atoms with E-state index in [0.29, 0.717) is 28.7 Å². The number of methoxy groups -OCH3 is 1. The lowest BCUT2D eigenvalue weighted by molar-refractivity contribution is -0.197. The van der Waals surface area contributed by atoms with Gasteiger partial charge >= 0.3 is 0 Å². The Bertz CT molecular complexity index is 1300. The molecule has 1 aromatic carbocycles. The number of allylic oxidation sites excluding steroid dienone is 3. The number of ketones is 2. The number of carbonyl (C=O) groups excluding carboxylic acids is 2. The van der Waals surface area contributed by atoms with Crippen molar-refractivity contribution in [2.24, 2.45) is 22.7 Å². The van der Waals surface area contributed by atoms with Gasteiger partial charge in [-0.1, -0.05) is 39.8 Å². The second-order valence-electron chi connectivity index (χ2n) is 12.9. The third-order valence-corrected chi connectivity index (χ3v) is 9.06. The molecule has 0 spiro atoms. The maximum atomic E-state index is 13.9. The van der Waals surface area contributed by atoms with E-state index in [4.69, 9.17) is 9.47 Å². The van der Waals surface area contributed by atoms with E-state index in [9.17, 15) is 14.7 Å². The highest BCUT2D eigenvalue weighted by atomic mass is 16.7. The van der Waals surface area contributed by atoms with Crippen LogP contribution in [-0.4, -0.2) is 29.4 Å². The van der Waals surface area contributed by atoms with Crippen LogP contribution in [0.3, 0.4) is 0 Å². The lowest BCUT2D eigenvalue weighted by Crippen LogP contribution is -2.42. The van der Waals surface area contributed by atoms with E-state index in [1.165, 1.54) is 0 Å². The molecular formula is C30H34O5. The highest BCUT2D eigenvalue weighted by Crippen LogP contribution is 2.61. The monoisotopic (exact) mass is 474 g/mol. The molecule has 5 nitrogen and oxygen atoms in total. The number of ether oxygens (including phenoxy) is 2. The predicted octanol–water partition coefficient (Wildman–Crippen LogP) is 5.44. The highest BCUT2D eigenvalue weighted by molar-refractivity contribution is 6.15. The Morgan fingerprint density at radius 1 is 0.943 bits per heavy atom. The maximum Gasteiger partial charge on any atom is 0.189 e. The summed E-state index contributed by atoms with van der Waals surface area (Å²) >= 11 is 0. The van der Waals surface area contributed by atoms with Crippen LogP contribution in [-0.2, 0) is 19.9 Å². The van der Waals surface area contributed by atoms with E-state index >= 15 is 0 Å². The first-order valence-electron chi connectivity index (χ1n) is 12.6. The molecule has 5 aliphatic rings. The van der Waals surface area contributed by atoms with Crippen molar-refractivity contribution < 1.29 is 24.2 Å². The first-order valence-corrected chi connectivity index (χ1v) is 12.6. The molecule has 0 saturated heterocycles. The molecule has 5 atom stereocenters. The maximum absolute atomic E-state index is 13.9. The predicted molar refractivity (Wildman–Crippen MR) is 133 cm³/mol. The lowest BCUT2D eigenvalue weighted by atomic mass is 9.66. The second-order valence-corrected chi connectivity index (χ2v) is 12.9. The molecule has 35 heavy (non-hydrogen) atoms. The van der Waals surface area contributed by atoms with E-state index in [2.05, 4.69) is 40.7 Å². The smallest absolute Gasteiger partial charge is 0.189 e. The third-order valence-electron chi connectivity index (χ3n) is 9.06. The Hall–Kier alpha value is -2.34. The van der Waals surface area contributed by atoms with Gasteiger partial charge in [-0.3, -0.25) is 9.59 Å². The summed E-state index contributed by atoms with van der Waals surface area (Å²) in [6, 6.07) is 3.83. The van der Waals surface area contributed by atoms with Crippen LogP contribution in [0.15, 0.2) is 41.5 Å². The van der Waals surface area contributed by atoms with Crippen LogP contribution in [0.5, 0.6) is 0 Å². The van der Waals surface area contributed by atoms with Gasteiger partial charge in [-0.05, 0) is 66.9 Å². The van der Waals surface area contributed by atoms with Crippen molar-refractivity contribution in [1.82, 2.24) is 0 Å². The molecule has 0 radical (unpaired) electrons. The van der Waals surface area contributed by atoms with Crippen molar-refractivity contribution in [3.8, 4) is 0 Å². The second kappa shape index (κ2) is 6.70. The SMILES string of the molecule is COC1O[C@@]2(C)c3c(cc(C4=CC(=O)C5=CC(C)(C)C[C@@H]5[C@@]4(C)O)cc31)C(=O)C1=CC(C)(C)C[C@@H]12. The van der Waals surface area contributed by atoms with E-state index in [1.54, 1.807) is 20.1 Å². The molecule has 1 N–H and O–H groups in total. The fourth-order valence-corrected chi connectivity index (χ4v) is 7.49. The summed E-state index contributed by atoms with van der Waals surface area (Å²) < 4.78 is 12.3. The fourth-order valence-electron chi connectivity index (χ4n) is 7.49. The van der Waals surface area contributed by atoms with Crippen molar-refractivity contribution in [2.45, 2.75) is 71.9 Å². The van der Waals surface area contributed by atoms with Crippen LogP contribution in [0.1, 0.15) is 87.7 Å². The standard InChI is InChI=1S/C30H34O5/c1-27(2)11-18-21(13-27)29(5,33)20(10-23(18)31)15-8-16-24-17(9-15)26(34-7)35-30(24,6)22-14-28(3,4)12-19(22)25(16)32/h8-12,21-22,26,33H,13-14H2,1-7H3/t21-,22-,26?,29-,30+/m0/s1. The van der Waals surface area contributed by atoms with Crippen molar-refractivity contribution in [2.75, 3.05) is 7.11 Å². The Morgan fingerprint density at radius 2 is 1.57 bits per heavy atom. The summed E-state index contributed by atoms with van der Waals surface area (Å²) in [4.78, 5) is 27.0. The van der Waals surface area contributed by atoms with Crippen LogP contribution in [0.25, 0.3) is 5.57 Å². The van der Waals surface area contributed by atoms with Crippen molar-refractivity contribution in [3.05, 3.63) is 63.8 Å². The van der Waals surface area contributed by atoms with Crippen molar-refractivity contribution in [1.29, 1.82) is 0 Å². The minimum atomic E-state index is -1.24. The van der Waals surface area contributed by atoms with E-state index in [1.807, 2.05) is 18.2 Å². The van der Waals surface area contributed by atoms with Gasteiger partial charge in [0.05, 0.1) is 5.60 Å². The number of fused-ring (bicyclic) bond motifs is 3. The Labute approximate surface area is 206 Å². The summed E-state index contributed by atoms with van der Waals surface area (Å²) in [5, 5.41) is 11.8. The average molecular weight is 475 g/mol. The molecule has 4 aliphatic carbocycles. The molecule has 0 amide bonds.